The second kappa shape index (κ2) is 3.12. The maximum atomic E-state index is 5.74. The summed E-state index contributed by atoms with van der Waals surface area (Å²) in [5.74, 6) is 1.89. The predicted octanol–water partition coefficient (Wildman–Crippen LogP) is 2.42. The smallest absolute Gasteiger partial charge is 0.135 e. The molecular formula is C12H11NO2. The number of fused-ring (bicyclic) bond motifs is 3. The number of aliphatic imine (C=N–C) groups is 1. The molecule has 0 amide bonds. The van der Waals surface area contributed by atoms with Gasteiger partial charge in [0.05, 0.1) is 7.11 Å². The van der Waals surface area contributed by atoms with Crippen LogP contribution in [0, 0.1) is 0 Å². The van der Waals surface area contributed by atoms with Gasteiger partial charge in [-0.1, -0.05) is 0 Å². The topological polar surface area (TPSA) is 34.7 Å². The number of methoxy groups -OCH3 is 1. The molecule has 0 unspecified atom stereocenters. The van der Waals surface area contributed by atoms with Crippen LogP contribution in [0.5, 0.6) is 5.75 Å². The SMILES string of the molecule is COc1ccc2oc3c(c2c1)C=NCC3. The van der Waals surface area contributed by atoms with Crippen molar-refractivity contribution in [1.82, 2.24) is 0 Å². The van der Waals surface area contributed by atoms with Crippen LogP contribution in [0.25, 0.3) is 11.0 Å². The summed E-state index contributed by atoms with van der Waals surface area (Å²) in [6.45, 7) is 0.823. The Bertz CT molecular complexity index is 540. The molecule has 15 heavy (non-hydrogen) atoms. The Morgan fingerprint density at radius 2 is 2.33 bits per heavy atom. The van der Waals surface area contributed by atoms with Crippen molar-refractivity contribution in [1.29, 1.82) is 0 Å². The van der Waals surface area contributed by atoms with Gasteiger partial charge in [-0.15, -0.1) is 0 Å². The van der Waals surface area contributed by atoms with Crippen molar-refractivity contribution in [2.45, 2.75) is 6.42 Å². The summed E-state index contributed by atoms with van der Waals surface area (Å²) in [4.78, 5) is 4.27. The molecule has 76 valence electrons. The molecule has 0 atom stereocenters. The maximum Gasteiger partial charge on any atom is 0.135 e. The van der Waals surface area contributed by atoms with Crippen LogP contribution in [0.1, 0.15) is 11.3 Å². The van der Waals surface area contributed by atoms with E-state index in [4.69, 9.17) is 9.15 Å². The van der Waals surface area contributed by atoms with Crippen LogP contribution in [0.4, 0.5) is 0 Å². The molecule has 0 fully saturated rings. The minimum absolute atomic E-state index is 0.823. The first-order chi connectivity index (χ1) is 7.38. The van der Waals surface area contributed by atoms with Gasteiger partial charge in [0, 0.05) is 30.1 Å². The molecule has 3 rings (SSSR count). The Morgan fingerprint density at radius 1 is 1.40 bits per heavy atom. The van der Waals surface area contributed by atoms with Crippen molar-refractivity contribution in [3.63, 3.8) is 0 Å². The largest absolute Gasteiger partial charge is 0.497 e. The van der Waals surface area contributed by atoms with Gasteiger partial charge >= 0.3 is 0 Å². The lowest BCUT2D eigenvalue weighted by Crippen LogP contribution is -1.98. The van der Waals surface area contributed by atoms with Crippen molar-refractivity contribution in [3.05, 3.63) is 29.5 Å². The van der Waals surface area contributed by atoms with Crippen molar-refractivity contribution >= 4 is 17.2 Å². The first-order valence-corrected chi connectivity index (χ1v) is 4.98. The quantitative estimate of drug-likeness (QED) is 0.710. The molecule has 1 aliphatic rings. The molecule has 0 spiro atoms. The van der Waals surface area contributed by atoms with Gasteiger partial charge < -0.3 is 9.15 Å². The third-order valence-corrected chi connectivity index (χ3v) is 2.70. The van der Waals surface area contributed by atoms with Crippen molar-refractivity contribution in [2.24, 2.45) is 4.99 Å². The summed E-state index contributed by atoms with van der Waals surface area (Å²) in [7, 11) is 1.67. The standard InChI is InChI=1S/C12H11NO2/c1-14-8-2-3-11-9(6-8)10-7-13-5-4-12(10)15-11/h2-3,6-7H,4-5H2,1H3. The molecule has 2 heterocycles. The van der Waals surface area contributed by atoms with E-state index in [9.17, 15) is 0 Å². The summed E-state index contributed by atoms with van der Waals surface area (Å²) in [6, 6.07) is 5.85. The van der Waals surface area contributed by atoms with Crippen LogP contribution in [0.2, 0.25) is 0 Å². The van der Waals surface area contributed by atoms with Gasteiger partial charge in [-0.05, 0) is 18.2 Å². The fourth-order valence-corrected chi connectivity index (χ4v) is 1.92. The van der Waals surface area contributed by atoms with Crippen molar-refractivity contribution in [3.8, 4) is 5.75 Å². The normalized spacial score (nSPS) is 14.2. The number of hydrogen-bond donors (Lipinski definition) is 0. The van der Waals surface area contributed by atoms with Gasteiger partial charge in [-0.3, -0.25) is 4.99 Å². The first kappa shape index (κ1) is 8.53. The summed E-state index contributed by atoms with van der Waals surface area (Å²) >= 11 is 0. The Hall–Kier alpha value is -1.77. The second-order valence-electron chi connectivity index (χ2n) is 3.59. The van der Waals surface area contributed by atoms with E-state index < -0.39 is 0 Å². The Morgan fingerprint density at radius 3 is 3.20 bits per heavy atom. The lowest BCUT2D eigenvalue weighted by molar-refractivity contribution is 0.415. The maximum absolute atomic E-state index is 5.74. The molecule has 0 N–H and O–H groups in total. The molecule has 0 saturated carbocycles. The molecule has 0 radical (unpaired) electrons. The molecule has 2 aromatic rings. The average molecular weight is 201 g/mol. The fraction of sp³-hybridized carbons (Fsp3) is 0.250. The molecule has 1 aromatic carbocycles. The highest BCUT2D eigenvalue weighted by Gasteiger charge is 2.15. The monoisotopic (exact) mass is 201 g/mol. The van der Waals surface area contributed by atoms with Crippen LogP contribution < -0.4 is 4.74 Å². The number of nitrogens with zero attached hydrogens (tertiary/aromatic N) is 1. The van der Waals surface area contributed by atoms with Gasteiger partial charge in [0.2, 0.25) is 0 Å². The van der Waals surface area contributed by atoms with Gasteiger partial charge in [-0.25, -0.2) is 0 Å². The molecular weight excluding hydrogens is 190 g/mol. The van der Waals surface area contributed by atoms with E-state index in [1.165, 1.54) is 0 Å². The van der Waals surface area contributed by atoms with E-state index in [0.29, 0.717) is 0 Å². The lowest BCUT2D eigenvalue weighted by atomic mass is 10.1. The van der Waals surface area contributed by atoms with Crippen molar-refractivity contribution in [2.75, 3.05) is 13.7 Å². The van der Waals surface area contributed by atoms with Gasteiger partial charge in [-0.2, -0.15) is 0 Å². The fourth-order valence-electron chi connectivity index (χ4n) is 1.92. The average Bonchev–Trinajstić information content (AvgIpc) is 2.66. The van der Waals surface area contributed by atoms with E-state index in [-0.39, 0.29) is 0 Å². The van der Waals surface area contributed by atoms with Crippen LogP contribution in [0.3, 0.4) is 0 Å². The Balaban J connectivity index is 2.30. The van der Waals surface area contributed by atoms with Gasteiger partial charge in [0.25, 0.3) is 0 Å². The molecule has 1 aromatic heterocycles. The van der Waals surface area contributed by atoms with Crippen LogP contribution in [-0.2, 0) is 6.42 Å². The number of furan rings is 1. The zero-order chi connectivity index (χ0) is 10.3. The Labute approximate surface area is 87.4 Å². The van der Waals surface area contributed by atoms with Crippen LogP contribution in [0.15, 0.2) is 27.6 Å². The van der Waals surface area contributed by atoms with Crippen LogP contribution >= 0.6 is 0 Å². The van der Waals surface area contributed by atoms with Crippen molar-refractivity contribution < 1.29 is 9.15 Å². The van der Waals surface area contributed by atoms with E-state index in [1.54, 1.807) is 7.11 Å². The highest BCUT2D eigenvalue weighted by Crippen LogP contribution is 2.29. The first-order valence-electron chi connectivity index (χ1n) is 4.98. The summed E-state index contributed by atoms with van der Waals surface area (Å²) in [6.07, 6.45) is 2.78. The molecule has 0 saturated heterocycles. The zero-order valence-electron chi connectivity index (χ0n) is 8.49. The molecule has 3 heteroatoms. The number of ether oxygens (including phenoxy) is 1. The third-order valence-electron chi connectivity index (χ3n) is 2.70. The van der Waals surface area contributed by atoms with Gasteiger partial charge in [0.1, 0.15) is 17.1 Å². The van der Waals surface area contributed by atoms with E-state index >= 15 is 0 Å². The molecule has 1 aliphatic heterocycles. The molecule has 0 aliphatic carbocycles. The minimum atomic E-state index is 0.823. The Kier molecular flexibility index (Phi) is 1.78. The molecule has 3 nitrogen and oxygen atoms in total. The predicted molar refractivity (Wildman–Crippen MR) is 58.9 cm³/mol. The lowest BCUT2D eigenvalue weighted by Gasteiger charge is -2.01. The second-order valence-corrected chi connectivity index (χ2v) is 3.59. The number of benzene rings is 1. The van der Waals surface area contributed by atoms with E-state index in [2.05, 4.69) is 4.99 Å². The van der Waals surface area contributed by atoms with E-state index in [1.807, 2.05) is 24.4 Å². The van der Waals surface area contributed by atoms with Crippen LogP contribution in [-0.4, -0.2) is 19.9 Å². The summed E-state index contributed by atoms with van der Waals surface area (Å²) in [5.41, 5.74) is 2.02. The summed E-state index contributed by atoms with van der Waals surface area (Å²) in [5, 5.41) is 1.09. The zero-order valence-corrected chi connectivity index (χ0v) is 8.49. The number of rotatable bonds is 1. The highest BCUT2D eigenvalue weighted by atomic mass is 16.5. The highest BCUT2D eigenvalue weighted by molar-refractivity contribution is 6.00. The molecule has 0 bridgehead atoms. The summed E-state index contributed by atoms with van der Waals surface area (Å²) < 4.78 is 10.9. The number of hydrogen-bond acceptors (Lipinski definition) is 3. The van der Waals surface area contributed by atoms with Gasteiger partial charge in [0.15, 0.2) is 0 Å². The third kappa shape index (κ3) is 1.23. The van der Waals surface area contributed by atoms with E-state index in [0.717, 1.165) is 41.0 Å². The minimum Gasteiger partial charge on any atom is -0.497 e.